The molecule has 0 spiro atoms. The Morgan fingerprint density at radius 3 is 3.05 bits per heavy atom. The van der Waals surface area contributed by atoms with Crippen molar-refractivity contribution in [2.24, 2.45) is 0 Å². The van der Waals surface area contributed by atoms with E-state index in [4.69, 9.17) is 0 Å². The van der Waals surface area contributed by atoms with Crippen LogP contribution in [0.4, 0.5) is 0 Å². The Morgan fingerprint density at radius 1 is 1.50 bits per heavy atom. The highest BCUT2D eigenvalue weighted by Gasteiger charge is 2.22. The van der Waals surface area contributed by atoms with E-state index in [1.165, 1.54) is 6.07 Å². The second kappa shape index (κ2) is 7.04. The summed E-state index contributed by atoms with van der Waals surface area (Å²) in [6.07, 6.45) is 4.24. The fraction of sp³-hybridized carbons (Fsp3) is 0.571. The molecular formula is C14H20BrN3O2. The lowest BCUT2D eigenvalue weighted by molar-refractivity contribution is -0.132. The number of carbonyl (C=O) groups is 1. The topological polar surface area (TPSA) is 54.3 Å². The zero-order valence-electron chi connectivity index (χ0n) is 11.6. The first kappa shape index (κ1) is 15.3. The van der Waals surface area contributed by atoms with E-state index in [0.29, 0.717) is 19.0 Å². The molecule has 6 heteroatoms. The van der Waals surface area contributed by atoms with Gasteiger partial charge in [-0.1, -0.05) is 0 Å². The van der Waals surface area contributed by atoms with Crippen LogP contribution in [-0.2, 0) is 11.3 Å². The smallest absolute Gasteiger partial charge is 0.250 e. The van der Waals surface area contributed by atoms with Crippen LogP contribution in [0, 0.1) is 0 Å². The maximum absolute atomic E-state index is 12.2. The van der Waals surface area contributed by atoms with Gasteiger partial charge in [0.05, 0.1) is 0 Å². The summed E-state index contributed by atoms with van der Waals surface area (Å²) < 4.78 is 2.42. The Kier molecular flexibility index (Phi) is 5.37. The first-order valence-electron chi connectivity index (χ1n) is 6.91. The Hall–Kier alpha value is -1.14. The summed E-state index contributed by atoms with van der Waals surface area (Å²) in [5.41, 5.74) is -0.0762. The van der Waals surface area contributed by atoms with E-state index in [9.17, 15) is 9.59 Å². The third-order valence-electron chi connectivity index (χ3n) is 3.70. The lowest BCUT2D eigenvalue weighted by atomic mass is 10.1. The molecule has 0 radical (unpaired) electrons. The van der Waals surface area contributed by atoms with Gasteiger partial charge in [-0.3, -0.25) is 9.59 Å². The molecule has 110 valence electrons. The molecule has 1 atom stereocenters. The average Bonchev–Trinajstić information content (AvgIpc) is 2.48. The van der Waals surface area contributed by atoms with Crippen molar-refractivity contribution in [2.75, 3.05) is 20.1 Å². The number of nitrogens with zero attached hydrogens (tertiary/aromatic N) is 2. The Labute approximate surface area is 127 Å². The van der Waals surface area contributed by atoms with Gasteiger partial charge < -0.3 is 14.8 Å². The van der Waals surface area contributed by atoms with Gasteiger partial charge in [-0.15, -0.1) is 0 Å². The monoisotopic (exact) mass is 341 g/mol. The minimum Gasteiger partial charge on any atom is -0.341 e. The van der Waals surface area contributed by atoms with E-state index >= 15 is 0 Å². The van der Waals surface area contributed by atoms with E-state index in [2.05, 4.69) is 21.2 Å². The van der Waals surface area contributed by atoms with Crippen molar-refractivity contribution >= 4 is 21.8 Å². The minimum atomic E-state index is -0.0762. The van der Waals surface area contributed by atoms with Crippen molar-refractivity contribution in [1.82, 2.24) is 14.8 Å². The largest absolute Gasteiger partial charge is 0.341 e. The van der Waals surface area contributed by atoms with Crippen LogP contribution in [0.5, 0.6) is 0 Å². The van der Waals surface area contributed by atoms with Gasteiger partial charge in [0.1, 0.15) is 0 Å². The Morgan fingerprint density at radius 2 is 2.30 bits per heavy atom. The molecule has 2 heterocycles. The number of halogens is 1. The number of piperidine rings is 1. The summed E-state index contributed by atoms with van der Waals surface area (Å²) in [6, 6.07) is 3.61. The molecule has 1 saturated heterocycles. The number of nitrogens with one attached hydrogen (secondary N) is 1. The number of aromatic nitrogens is 1. The highest BCUT2D eigenvalue weighted by atomic mass is 79.9. The standard InChI is InChI=1S/C14H20BrN3O2/c1-16-12-3-2-7-17(10-12)14(20)6-8-18-9-11(15)4-5-13(18)19/h4-5,9,12,16H,2-3,6-8,10H2,1H3. The number of hydrogen-bond acceptors (Lipinski definition) is 3. The van der Waals surface area contributed by atoms with Crippen LogP contribution < -0.4 is 10.9 Å². The molecule has 2 rings (SSSR count). The fourth-order valence-electron chi connectivity index (χ4n) is 2.49. The fourth-order valence-corrected chi connectivity index (χ4v) is 2.87. The second-order valence-electron chi connectivity index (χ2n) is 5.10. The molecule has 1 amide bonds. The summed E-state index contributed by atoms with van der Waals surface area (Å²) >= 11 is 3.33. The third kappa shape index (κ3) is 3.93. The first-order chi connectivity index (χ1) is 9.60. The minimum absolute atomic E-state index is 0.0762. The zero-order valence-corrected chi connectivity index (χ0v) is 13.2. The first-order valence-corrected chi connectivity index (χ1v) is 7.70. The molecule has 1 aliphatic heterocycles. The van der Waals surface area contributed by atoms with Crippen LogP contribution in [0.3, 0.4) is 0 Å². The number of hydrogen-bond donors (Lipinski definition) is 1. The highest BCUT2D eigenvalue weighted by Crippen LogP contribution is 2.11. The van der Waals surface area contributed by atoms with Gasteiger partial charge in [0, 0.05) is 48.8 Å². The maximum Gasteiger partial charge on any atom is 0.250 e. The molecule has 0 aliphatic carbocycles. The SMILES string of the molecule is CNC1CCCN(C(=O)CCn2cc(Br)ccc2=O)C1. The van der Waals surface area contributed by atoms with Gasteiger partial charge in [-0.2, -0.15) is 0 Å². The number of likely N-dealkylation sites (tertiary alicyclic amines) is 1. The molecule has 1 aromatic heterocycles. The molecule has 1 fully saturated rings. The molecule has 0 bridgehead atoms. The van der Waals surface area contributed by atoms with Crippen molar-refractivity contribution in [2.45, 2.75) is 31.8 Å². The zero-order chi connectivity index (χ0) is 14.5. The van der Waals surface area contributed by atoms with E-state index in [-0.39, 0.29) is 11.5 Å². The number of likely N-dealkylation sites (N-methyl/N-ethyl adjacent to an activating group) is 1. The van der Waals surface area contributed by atoms with E-state index < -0.39 is 0 Å². The average molecular weight is 342 g/mol. The van der Waals surface area contributed by atoms with E-state index in [0.717, 1.165) is 30.4 Å². The van der Waals surface area contributed by atoms with Crippen LogP contribution in [0.15, 0.2) is 27.6 Å². The lowest BCUT2D eigenvalue weighted by Gasteiger charge is -2.32. The molecule has 1 aromatic rings. The van der Waals surface area contributed by atoms with Crippen LogP contribution >= 0.6 is 15.9 Å². The summed E-state index contributed by atoms with van der Waals surface area (Å²) in [6.45, 7) is 2.02. The number of aryl methyl sites for hydroxylation is 1. The second-order valence-corrected chi connectivity index (χ2v) is 6.01. The van der Waals surface area contributed by atoms with Crippen LogP contribution in [0.2, 0.25) is 0 Å². The van der Waals surface area contributed by atoms with E-state index in [1.54, 1.807) is 16.8 Å². The third-order valence-corrected chi connectivity index (χ3v) is 4.17. The lowest BCUT2D eigenvalue weighted by Crippen LogP contribution is -2.47. The predicted molar refractivity (Wildman–Crippen MR) is 81.7 cm³/mol. The molecule has 20 heavy (non-hydrogen) atoms. The Balaban J connectivity index is 1.91. The summed E-state index contributed by atoms with van der Waals surface area (Å²) in [5.74, 6) is 0.122. The van der Waals surface area contributed by atoms with Crippen molar-refractivity contribution in [1.29, 1.82) is 0 Å². The molecule has 1 aliphatic rings. The molecule has 0 saturated carbocycles. The Bertz CT molecular complexity index is 529. The molecule has 1 unspecified atom stereocenters. The van der Waals surface area contributed by atoms with Gasteiger partial charge in [0.15, 0.2) is 0 Å². The van der Waals surface area contributed by atoms with Gasteiger partial charge in [0.25, 0.3) is 5.56 Å². The van der Waals surface area contributed by atoms with Crippen molar-refractivity contribution < 1.29 is 4.79 Å². The number of carbonyl (C=O) groups excluding carboxylic acids is 1. The van der Waals surface area contributed by atoms with Gasteiger partial charge in [0.2, 0.25) is 5.91 Å². The number of rotatable bonds is 4. The number of pyridine rings is 1. The van der Waals surface area contributed by atoms with Crippen molar-refractivity contribution in [3.05, 3.63) is 33.2 Å². The van der Waals surface area contributed by atoms with Crippen molar-refractivity contribution in [3.8, 4) is 0 Å². The predicted octanol–water partition coefficient (Wildman–Crippen LogP) is 1.21. The van der Waals surface area contributed by atoms with Gasteiger partial charge >= 0.3 is 0 Å². The quantitative estimate of drug-likeness (QED) is 0.895. The molecular weight excluding hydrogens is 322 g/mol. The maximum atomic E-state index is 12.2. The van der Waals surface area contributed by atoms with Crippen molar-refractivity contribution in [3.63, 3.8) is 0 Å². The van der Waals surface area contributed by atoms with Crippen LogP contribution in [0.25, 0.3) is 0 Å². The summed E-state index contributed by atoms with van der Waals surface area (Å²) in [4.78, 5) is 25.8. The van der Waals surface area contributed by atoms with Crippen LogP contribution in [0.1, 0.15) is 19.3 Å². The molecule has 1 N–H and O–H groups in total. The molecule has 5 nitrogen and oxygen atoms in total. The summed E-state index contributed by atoms with van der Waals surface area (Å²) in [5, 5.41) is 3.22. The van der Waals surface area contributed by atoms with Gasteiger partial charge in [-0.05, 0) is 41.9 Å². The number of amides is 1. The normalized spacial score (nSPS) is 19.1. The van der Waals surface area contributed by atoms with Crippen LogP contribution in [-0.4, -0.2) is 41.6 Å². The van der Waals surface area contributed by atoms with E-state index in [1.807, 2.05) is 11.9 Å². The molecule has 0 aromatic carbocycles. The highest BCUT2D eigenvalue weighted by molar-refractivity contribution is 9.10. The van der Waals surface area contributed by atoms with Gasteiger partial charge in [-0.25, -0.2) is 0 Å². The summed E-state index contributed by atoms with van der Waals surface area (Å²) in [7, 11) is 1.93.